The van der Waals surface area contributed by atoms with Gasteiger partial charge >= 0.3 is 23.9 Å². The Kier molecular flexibility index (Phi) is 16.3. The summed E-state index contributed by atoms with van der Waals surface area (Å²) in [6.07, 6.45) is -0.612. The molecule has 0 aliphatic heterocycles. The van der Waals surface area contributed by atoms with E-state index < -0.39 is 97.7 Å². The molecule has 0 aromatic carbocycles. The molecule has 0 aromatic heterocycles. The van der Waals surface area contributed by atoms with Crippen LogP contribution in [0.1, 0.15) is 51.9 Å². The van der Waals surface area contributed by atoms with Gasteiger partial charge in [-0.25, -0.2) is 9.59 Å². The number of aliphatic hydroxyl groups is 1. The number of carboxylic acids is 2. The van der Waals surface area contributed by atoms with Crippen LogP contribution in [0.15, 0.2) is 0 Å². The summed E-state index contributed by atoms with van der Waals surface area (Å²) >= 11 is 0. The number of nitrogens with zero attached hydrogens (tertiary/aromatic N) is 1. The molecule has 0 heterocycles. The summed E-state index contributed by atoms with van der Waals surface area (Å²) in [6, 6.07) is -7.85. The number of hydrogen-bond acceptors (Lipinski definition) is 13. The fourth-order valence-corrected chi connectivity index (χ4v) is 3.11. The summed E-state index contributed by atoms with van der Waals surface area (Å²) in [5.41, 5.74) is 22.4. The average Bonchev–Trinajstić information content (AvgIpc) is 2.88. The van der Waals surface area contributed by atoms with Gasteiger partial charge in [-0.2, -0.15) is 0 Å². The monoisotopic (exact) mass is 562 g/mol. The maximum absolute atomic E-state index is 13.2. The standard InChI is InChI=1S/C22H38N6O11/c1-11(21(37)39-22(38)14(26)6-8-17(32)33)28(19(35)13(25)5-7-16(30)31)20(36)15(10-29)27-18(34)12(24)4-2-3-9-23/h11-15,29H,2-10,23-26H2,1H3,(H,27,34)(H,30,31)(H,32,33)/t11-,12-,13-,14-,15-/m0/s1. The lowest BCUT2D eigenvalue weighted by atomic mass is 10.1. The fourth-order valence-electron chi connectivity index (χ4n) is 3.11. The zero-order valence-electron chi connectivity index (χ0n) is 21.6. The van der Waals surface area contributed by atoms with Gasteiger partial charge in [0, 0.05) is 12.8 Å². The summed E-state index contributed by atoms with van der Waals surface area (Å²) in [5, 5.41) is 29.5. The van der Waals surface area contributed by atoms with E-state index in [2.05, 4.69) is 10.1 Å². The number of nitrogens with one attached hydrogen (secondary N) is 1. The molecule has 0 saturated heterocycles. The van der Waals surface area contributed by atoms with Crippen molar-refractivity contribution in [1.82, 2.24) is 10.2 Å². The molecule has 0 fully saturated rings. The molecule has 5 atom stereocenters. The Morgan fingerprint density at radius 2 is 1.33 bits per heavy atom. The summed E-state index contributed by atoms with van der Waals surface area (Å²) < 4.78 is 4.60. The Balaban J connectivity index is 5.87. The summed E-state index contributed by atoms with van der Waals surface area (Å²) in [6.45, 7) is 0.314. The van der Waals surface area contributed by atoms with E-state index in [-0.39, 0.29) is 17.7 Å². The minimum Gasteiger partial charge on any atom is -0.481 e. The quantitative estimate of drug-likeness (QED) is 0.0450. The molecule has 222 valence electrons. The summed E-state index contributed by atoms with van der Waals surface area (Å²) in [7, 11) is 0. The highest BCUT2D eigenvalue weighted by Gasteiger charge is 2.40. The summed E-state index contributed by atoms with van der Waals surface area (Å²) in [5.74, 6) is -8.77. The van der Waals surface area contributed by atoms with E-state index in [0.717, 1.165) is 6.92 Å². The van der Waals surface area contributed by atoms with Crippen molar-refractivity contribution in [3.63, 3.8) is 0 Å². The number of esters is 2. The van der Waals surface area contributed by atoms with E-state index in [1.807, 2.05) is 0 Å². The second kappa shape index (κ2) is 17.9. The van der Waals surface area contributed by atoms with Gasteiger partial charge in [0.2, 0.25) is 11.8 Å². The van der Waals surface area contributed by atoms with Crippen LogP contribution >= 0.6 is 0 Å². The third kappa shape index (κ3) is 12.7. The average molecular weight is 563 g/mol. The Labute approximate surface area is 224 Å². The van der Waals surface area contributed by atoms with Crippen molar-refractivity contribution in [3.05, 3.63) is 0 Å². The first-order chi connectivity index (χ1) is 18.2. The minimum absolute atomic E-state index is 0.199. The van der Waals surface area contributed by atoms with Crippen LogP contribution in [0.3, 0.4) is 0 Å². The highest BCUT2D eigenvalue weighted by molar-refractivity contribution is 6.05. The van der Waals surface area contributed by atoms with Crippen molar-refractivity contribution in [1.29, 1.82) is 0 Å². The highest BCUT2D eigenvalue weighted by atomic mass is 16.6. The molecule has 12 N–H and O–H groups in total. The Morgan fingerprint density at radius 1 is 0.795 bits per heavy atom. The molecular weight excluding hydrogens is 524 g/mol. The van der Waals surface area contributed by atoms with E-state index in [9.17, 15) is 38.7 Å². The number of carbonyl (C=O) groups excluding carboxylic acids is 5. The van der Waals surface area contributed by atoms with Crippen molar-refractivity contribution < 1.29 is 53.6 Å². The van der Waals surface area contributed by atoms with E-state index in [1.54, 1.807) is 0 Å². The molecule has 0 rings (SSSR count). The van der Waals surface area contributed by atoms with Gasteiger partial charge in [0.15, 0.2) is 0 Å². The lowest BCUT2D eigenvalue weighted by molar-refractivity contribution is -0.170. The zero-order chi connectivity index (χ0) is 30.3. The number of aliphatic carboxylic acids is 2. The van der Waals surface area contributed by atoms with Crippen molar-refractivity contribution in [2.24, 2.45) is 22.9 Å². The van der Waals surface area contributed by atoms with Gasteiger partial charge in [0.25, 0.3) is 5.91 Å². The predicted molar refractivity (Wildman–Crippen MR) is 132 cm³/mol. The predicted octanol–water partition coefficient (Wildman–Crippen LogP) is -3.88. The molecule has 0 aliphatic rings. The Bertz CT molecular complexity index is 900. The van der Waals surface area contributed by atoms with Crippen LogP contribution < -0.4 is 28.3 Å². The number of hydrogen-bond donors (Lipinski definition) is 8. The topological polar surface area (TPSA) is 309 Å². The Hall–Kier alpha value is -3.51. The molecule has 0 aromatic rings. The van der Waals surface area contributed by atoms with Crippen molar-refractivity contribution in [3.8, 4) is 0 Å². The third-order valence-corrected chi connectivity index (χ3v) is 5.47. The fraction of sp³-hybridized carbons (Fsp3) is 0.682. The first-order valence-electron chi connectivity index (χ1n) is 12.1. The molecule has 0 aliphatic carbocycles. The third-order valence-electron chi connectivity index (χ3n) is 5.47. The van der Waals surface area contributed by atoms with Crippen LogP contribution in [0, 0.1) is 0 Å². The largest absolute Gasteiger partial charge is 0.481 e. The first-order valence-corrected chi connectivity index (χ1v) is 12.1. The van der Waals surface area contributed by atoms with Crippen LogP contribution in [0.4, 0.5) is 0 Å². The smallest absolute Gasteiger partial charge is 0.336 e. The number of carbonyl (C=O) groups is 7. The SMILES string of the molecule is C[C@@H](C(=O)OC(=O)[C@@H](N)CCC(=O)O)N(C(=O)[C@H](CO)NC(=O)[C@@H](N)CCCCN)C(=O)[C@@H](N)CCC(=O)O. The van der Waals surface area contributed by atoms with Gasteiger partial charge in [0.05, 0.1) is 18.7 Å². The number of carboxylic acid groups (broad SMARTS) is 2. The normalized spacial score (nSPS) is 14.7. The molecule has 17 nitrogen and oxygen atoms in total. The number of rotatable bonds is 18. The highest BCUT2D eigenvalue weighted by Crippen LogP contribution is 2.12. The van der Waals surface area contributed by atoms with Crippen molar-refractivity contribution >= 4 is 41.6 Å². The molecular formula is C22H38N6O11. The number of ether oxygens (including phenoxy) is 1. The van der Waals surface area contributed by atoms with Crippen molar-refractivity contribution in [2.75, 3.05) is 13.2 Å². The zero-order valence-corrected chi connectivity index (χ0v) is 21.6. The molecule has 39 heavy (non-hydrogen) atoms. The summed E-state index contributed by atoms with van der Waals surface area (Å²) in [4.78, 5) is 85.2. The van der Waals surface area contributed by atoms with E-state index in [4.69, 9.17) is 33.1 Å². The second-order valence-electron chi connectivity index (χ2n) is 8.68. The number of amides is 3. The molecule has 17 heteroatoms. The van der Waals surface area contributed by atoms with Crippen molar-refractivity contribution in [2.45, 2.75) is 82.1 Å². The lowest BCUT2D eigenvalue weighted by Crippen LogP contribution is -2.61. The molecule has 0 radical (unpaired) electrons. The minimum atomic E-state index is -1.86. The molecule has 0 saturated carbocycles. The van der Waals surface area contributed by atoms with Gasteiger partial charge in [-0.05, 0) is 39.2 Å². The molecule has 0 unspecified atom stereocenters. The van der Waals surface area contributed by atoms with E-state index in [1.165, 1.54) is 0 Å². The van der Waals surface area contributed by atoms with Crippen LogP contribution in [0.5, 0.6) is 0 Å². The number of nitrogens with two attached hydrogens (primary N) is 4. The maximum Gasteiger partial charge on any atom is 0.336 e. The maximum atomic E-state index is 13.2. The van der Waals surface area contributed by atoms with Gasteiger partial charge in [-0.1, -0.05) is 6.42 Å². The number of aliphatic hydroxyl groups excluding tert-OH is 1. The first kappa shape index (κ1) is 35.5. The number of imide groups is 1. The molecule has 0 spiro atoms. The second-order valence-corrected chi connectivity index (χ2v) is 8.68. The van der Waals surface area contributed by atoms with Gasteiger partial charge in [-0.15, -0.1) is 0 Å². The van der Waals surface area contributed by atoms with Crippen LogP contribution in [-0.2, 0) is 38.3 Å². The number of unbranched alkanes of at least 4 members (excludes halogenated alkanes) is 1. The van der Waals surface area contributed by atoms with Crippen LogP contribution in [-0.4, -0.2) is 105 Å². The van der Waals surface area contributed by atoms with Crippen LogP contribution in [0.2, 0.25) is 0 Å². The molecule has 3 amide bonds. The van der Waals surface area contributed by atoms with Crippen LogP contribution in [0.25, 0.3) is 0 Å². The van der Waals surface area contributed by atoms with E-state index >= 15 is 0 Å². The molecule has 0 bridgehead atoms. The Morgan fingerprint density at radius 3 is 1.82 bits per heavy atom. The lowest BCUT2D eigenvalue weighted by Gasteiger charge is -2.31. The van der Waals surface area contributed by atoms with Gasteiger partial charge in [0.1, 0.15) is 18.1 Å². The van der Waals surface area contributed by atoms with Gasteiger partial charge < -0.3 is 48.3 Å². The van der Waals surface area contributed by atoms with E-state index in [0.29, 0.717) is 19.4 Å². The van der Waals surface area contributed by atoms with Gasteiger partial charge in [-0.3, -0.25) is 28.9 Å².